The number of nitrogens with one attached hydrogen (secondary N) is 1. The van der Waals surface area contributed by atoms with Crippen LogP contribution in [0.4, 0.5) is 24.7 Å². The first-order valence-corrected chi connectivity index (χ1v) is 14.6. The van der Waals surface area contributed by atoms with Gasteiger partial charge in [-0.15, -0.1) is 0 Å². The Labute approximate surface area is 244 Å². The molecular formula is C32H39F3N6O. The van der Waals surface area contributed by atoms with E-state index in [1.54, 1.807) is 12.3 Å². The van der Waals surface area contributed by atoms with Crippen molar-refractivity contribution < 1.29 is 18.3 Å². The average molecular weight is 581 g/mol. The van der Waals surface area contributed by atoms with E-state index in [0.29, 0.717) is 35.8 Å². The van der Waals surface area contributed by atoms with Crippen LogP contribution in [0.5, 0.6) is 0 Å². The average Bonchev–Trinajstić information content (AvgIpc) is 3.46. The Morgan fingerprint density at radius 1 is 1.02 bits per heavy atom. The van der Waals surface area contributed by atoms with Gasteiger partial charge in [-0.1, -0.05) is 32.9 Å². The van der Waals surface area contributed by atoms with Crippen molar-refractivity contribution in [3.05, 3.63) is 64.6 Å². The fourth-order valence-corrected chi connectivity index (χ4v) is 5.99. The molecule has 3 aromatic heterocycles. The number of hydrogen-bond donors (Lipinski definition) is 2. The van der Waals surface area contributed by atoms with Crippen LogP contribution >= 0.6 is 0 Å². The summed E-state index contributed by atoms with van der Waals surface area (Å²) < 4.78 is 42.7. The molecule has 0 unspecified atom stereocenters. The number of halogens is 3. The SMILES string of the molecule is CO.Cc1ccc(C(C)C)cc1N1CCc2nc(-c3c(C(F)(F)F)cnc4[nH]ccc34)nc(N3CCC(C)CC3)c2C1. The second-order valence-electron chi connectivity index (χ2n) is 11.6. The van der Waals surface area contributed by atoms with Crippen molar-refractivity contribution in [2.45, 2.75) is 65.6 Å². The number of anilines is 2. The molecule has 2 N–H and O–H groups in total. The van der Waals surface area contributed by atoms with Gasteiger partial charge in [-0.25, -0.2) is 15.0 Å². The quantitative estimate of drug-likeness (QED) is 0.274. The number of aryl methyl sites for hydroxylation is 1. The van der Waals surface area contributed by atoms with Crippen LogP contribution in [0.25, 0.3) is 22.4 Å². The van der Waals surface area contributed by atoms with E-state index in [-0.39, 0.29) is 11.4 Å². The number of benzene rings is 1. The Hall–Kier alpha value is -3.66. The highest BCUT2D eigenvalue weighted by molar-refractivity contribution is 5.93. The highest BCUT2D eigenvalue weighted by Crippen LogP contribution is 2.41. The van der Waals surface area contributed by atoms with Gasteiger partial charge >= 0.3 is 6.18 Å². The monoisotopic (exact) mass is 580 g/mol. The van der Waals surface area contributed by atoms with Gasteiger partial charge in [0.25, 0.3) is 0 Å². The number of aromatic amines is 1. The van der Waals surface area contributed by atoms with Gasteiger partial charge in [-0.3, -0.25) is 0 Å². The number of nitrogens with zero attached hydrogens (tertiary/aromatic N) is 5. The third-order valence-corrected chi connectivity index (χ3v) is 8.48. The lowest BCUT2D eigenvalue weighted by Crippen LogP contribution is -2.38. The molecule has 0 amide bonds. The Morgan fingerprint density at radius 3 is 2.45 bits per heavy atom. The first-order chi connectivity index (χ1) is 20.1. The Kier molecular flexibility index (Phi) is 8.46. The third kappa shape index (κ3) is 5.69. The maximum Gasteiger partial charge on any atom is 0.418 e. The van der Waals surface area contributed by atoms with Gasteiger partial charge in [0.2, 0.25) is 0 Å². The summed E-state index contributed by atoms with van der Waals surface area (Å²) in [6.45, 7) is 11.8. The zero-order valence-electron chi connectivity index (χ0n) is 24.9. The maximum atomic E-state index is 14.2. The van der Waals surface area contributed by atoms with Crippen molar-refractivity contribution in [3.8, 4) is 11.4 Å². The summed E-state index contributed by atoms with van der Waals surface area (Å²) in [4.78, 5) is 21.4. The van der Waals surface area contributed by atoms with Crippen molar-refractivity contribution in [2.75, 3.05) is 36.5 Å². The third-order valence-electron chi connectivity index (χ3n) is 8.48. The lowest BCUT2D eigenvalue weighted by molar-refractivity contribution is -0.137. The summed E-state index contributed by atoms with van der Waals surface area (Å²) in [5.41, 5.74) is 5.13. The van der Waals surface area contributed by atoms with Crippen molar-refractivity contribution >= 4 is 22.5 Å². The fourth-order valence-electron chi connectivity index (χ4n) is 5.99. The predicted octanol–water partition coefficient (Wildman–Crippen LogP) is 6.88. The predicted molar refractivity (Wildman–Crippen MR) is 161 cm³/mol. The molecule has 42 heavy (non-hydrogen) atoms. The normalized spacial score (nSPS) is 16.0. The number of piperidine rings is 1. The van der Waals surface area contributed by atoms with Crippen molar-refractivity contribution in [3.63, 3.8) is 0 Å². The Balaban J connectivity index is 0.00000173. The second-order valence-corrected chi connectivity index (χ2v) is 11.6. The molecule has 5 heterocycles. The van der Waals surface area contributed by atoms with Crippen LogP contribution in [-0.2, 0) is 19.1 Å². The molecule has 0 radical (unpaired) electrons. The van der Waals surface area contributed by atoms with E-state index >= 15 is 0 Å². The molecular weight excluding hydrogens is 541 g/mol. The van der Waals surface area contributed by atoms with Crippen LogP contribution in [0.1, 0.15) is 67.5 Å². The van der Waals surface area contributed by atoms with Gasteiger partial charge in [-0.2, -0.15) is 13.2 Å². The van der Waals surface area contributed by atoms with Crippen LogP contribution < -0.4 is 9.80 Å². The molecule has 1 saturated heterocycles. The van der Waals surface area contributed by atoms with Crippen molar-refractivity contribution in [1.29, 1.82) is 0 Å². The number of aliphatic hydroxyl groups excluding tert-OH is 1. The zero-order valence-corrected chi connectivity index (χ0v) is 24.9. The highest BCUT2D eigenvalue weighted by Gasteiger charge is 2.37. The van der Waals surface area contributed by atoms with E-state index < -0.39 is 11.7 Å². The molecule has 10 heteroatoms. The topological polar surface area (TPSA) is 81.2 Å². The summed E-state index contributed by atoms with van der Waals surface area (Å²) in [5.74, 6) is 1.92. The van der Waals surface area contributed by atoms with Gasteiger partial charge in [0.1, 0.15) is 11.5 Å². The van der Waals surface area contributed by atoms with Crippen molar-refractivity contribution in [2.24, 2.45) is 5.92 Å². The molecule has 4 aromatic rings. The van der Waals surface area contributed by atoms with Gasteiger partial charge in [0.05, 0.1) is 11.3 Å². The summed E-state index contributed by atoms with van der Waals surface area (Å²) in [6, 6.07) is 8.27. The minimum absolute atomic E-state index is 0.00362. The molecule has 224 valence electrons. The van der Waals surface area contributed by atoms with Crippen LogP contribution in [0, 0.1) is 12.8 Å². The standard InChI is InChI=1S/C31H35F3N6.CH4O/c1-18(2)21-6-5-20(4)26(15-21)40-14-10-25-23(17-40)30(39-12-8-19(3)9-13-39)38-29(37-25)27-22-7-11-35-28(22)36-16-24(27)31(32,33)34;1-2/h5-7,11,15-16,18-19H,8-10,12-14,17H2,1-4H3,(H,35,36);2H,1H3. The molecule has 2 aliphatic heterocycles. The van der Waals surface area contributed by atoms with E-state index in [1.165, 1.54) is 16.8 Å². The number of fused-ring (bicyclic) bond motifs is 2. The molecule has 0 bridgehead atoms. The van der Waals surface area contributed by atoms with Crippen LogP contribution in [0.3, 0.4) is 0 Å². The minimum atomic E-state index is -4.58. The van der Waals surface area contributed by atoms with Gasteiger partial charge in [-0.05, 0) is 54.9 Å². The molecule has 1 fully saturated rings. The summed E-state index contributed by atoms with van der Waals surface area (Å²) in [5, 5.41) is 7.38. The fraction of sp³-hybridized carbons (Fsp3) is 0.469. The molecule has 0 aliphatic carbocycles. The van der Waals surface area contributed by atoms with E-state index in [0.717, 1.165) is 62.9 Å². The van der Waals surface area contributed by atoms with Gasteiger partial charge in [0.15, 0.2) is 5.82 Å². The first-order valence-electron chi connectivity index (χ1n) is 14.6. The second kappa shape index (κ2) is 11.9. The lowest BCUT2D eigenvalue weighted by Gasteiger charge is -2.37. The van der Waals surface area contributed by atoms with Gasteiger partial charge in [0, 0.05) is 74.3 Å². The zero-order chi connectivity index (χ0) is 30.2. The number of rotatable bonds is 4. The number of hydrogen-bond acceptors (Lipinski definition) is 6. The van der Waals surface area contributed by atoms with E-state index in [2.05, 4.69) is 65.7 Å². The number of aromatic nitrogens is 4. The molecule has 1 aromatic carbocycles. The number of alkyl halides is 3. The molecule has 0 saturated carbocycles. The van der Waals surface area contributed by atoms with E-state index in [1.807, 2.05) is 0 Å². The smallest absolute Gasteiger partial charge is 0.400 e. The van der Waals surface area contributed by atoms with E-state index in [9.17, 15) is 13.2 Å². The summed E-state index contributed by atoms with van der Waals surface area (Å²) in [6.07, 6.45) is 0.611. The minimum Gasteiger partial charge on any atom is -0.400 e. The van der Waals surface area contributed by atoms with Crippen molar-refractivity contribution in [1.82, 2.24) is 19.9 Å². The summed E-state index contributed by atoms with van der Waals surface area (Å²) >= 11 is 0. The molecule has 6 rings (SSSR count). The van der Waals surface area contributed by atoms with Crippen LogP contribution in [0.2, 0.25) is 0 Å². The molecule has 2 aliphatic rings. The summed E-state index contributed by atoms with van der Waals surface area (Å²) in [7, 11) is 1.00. The Morgan fingerprint density at radius 2 is 1.76 bits per heavy atom. The molecule has 0 spiro atoms. The van der Waals surface area contributed by atoms with E-state index in [4.69, 9.17) is 15.1 Å². The van der Waals surface area contributed by atoms with Gasteiger partial charge < -0.3 is 19.9 Å². The number of H-pyrrole nitrogens is 1. The molecule has 7 nitrogen and oxygen atoms in total. The first kappa shape index (κ1) is 29.8. The lowest BCUT2D eigenvalue weighted by atomic mass is 9.96. The van der Waals surface area contributed by atoms with Crippen LogP contribution in [-0.4, -0.2) is 51.8 Å². The number of pyridine rings is 1. The van der Waals surface area contributed by atoms with Crippen LogP contribution in [0.15, 0.2) is 36.7 Å². The maximum absolute atomic E-state index is 14.2. The largest absolute Gasteiger partial charge is 0.418 e. The highest BCUT2D eigenvalue weighted by atomic mass is 19.4. The Bertz CT molecular complexity index is 1560. The molecule has 0 atom stereocenters. The number of aliphatic hydroxyl groups is 1.